The predicted octanol–water partition coefficient (Wildman–Crippen LogP) is 2.64. The molecule has 2 rings (SSSR count). The van der Waals surface area contributed by atoms with Gasteiger partial charge in [0.25, 0.3) is 5.69 Å². The molecule has 0 atom stereocenters. The minimum Gasteiger partial charge on any atom is -0.477 e. The van der Waals surface area contributed by atoms with Crippen molar-refractivity contribution in [2.75, 3.05) is 0 Å². The van der Waals surface area contributed by atoms with Crippen molar-refractivity contribution in [1.82, 2.24) is 4.98 Å². The maximum absolute atomic E-state index is 11.2. The number of hydrogen-bond acceptors (Lipinski definition) is 4. The maximum Gasteiger partial charge on any atom is 0.353 e. The topological polar surface area (TPSA) is 134 Å². The number of rotatable bonds is 4. The zero-order chi connectivity index (χ0) is 15.7. The van der Waals surface area contributed by atoms with Crippen LogP contribution in [0.15, 0.2) is 24.3 Å². The first-order valence-corrected chi connectivity index (χ1v) is 5.83. The third kappa shape index (κ3) is 2.56. The summed E-state index contributed by atoms with van der Waals surface area (Å²) in [4.78, 5) is 34.5. The number of hydrogen-bond donors (Lipinski definition) is 3. The quantitative estimate of drug-likeness (QED) is 0.587. The summed E-state index contributed by atoms with van der Waals surface area (Å²) in [5, 5.41) is 28.5. The molecule has 108 valence electrons. The molecular weight excluding hydrogens is 304 g/mol. The highest BCUT2D eigenvalue weighted by molar-refractivity contribution is 6.37. The molecule has 1 aromatic heterocycles. The summed E-state index contributed by atoms with van der Waals surface area (Å²) in [7, 11) is 0. The Balaban J connectivity index is 2.73. The summed E-state index contributed by atoms with van der Waals surface area (Å²) in [5.41, 5.74) is -1.17. The SMILES string of the molecule is O=C(O)c1[nH]c(C(=O)O)c(-c2cccc([N+](=O)[O-])c2)c1Cl. The van der Waals surface area contributed by atoms with Crippen molar-refractivity contribution < 1.29 is 24.7 Å². The fourth-order valence-electron chi connectivity index (χ4n) is 1.83. The highest BCUT2D eigenvalue weighted by Gasteiger charge is 2.26. The van der Waals surface area contributed by atoms with Crippen molar-refractivity contribution in [3.8, 4) is 11.1 Å². The molecule has 0 radical (unpaired) electrons. The first kappa shape index (κ1) is 14.5. The highest BCUT2D eigenvalue weighted by Crippen LogP contribution is 2.35. The molecule has 2 aromatic rings. The van der Waals surface area contributed by atoms with Gasteiger partial charge in [-0.3, -0.25) is 10.1 Å². The Hall–Kier alpha value is -2.87. The number of halogens is 1. The van der Waals surface area contributed by atoms with E-state index in [0.717, 1.165) is 6.07 Å². The van der Waals surface area contributed by atoms with Crippen molar-refractivity contribution in [3.05, 3.63) is 50.8 Å². The number of carboxylic acid groups (broad SMARTS) is 2. The van der Waals surface area contributed by atoms with E-state index in [1.807, 2.05) is 0 Å². The van der Waals surface area contributed by atoms with E-state index < -0.39 is 28.2 Å². The Morgan fingerprint density at radius 2 is 1.81 bits per heavy atom. The van der Waals surface area contributed by atoms with Crippen molar-refractivity contribution in [3.63, 3.8) is 0 Å². The van der Waals surface area contributed by atoms with Gasteiger partial charge in [-0.1, -0.05) is 23.7 Å². The van der Waals surface area contributed by atoms with E-state index >= 15 is 0 Å². The van der Waals surface area contributed by atoms with Crippen molar-refractivity contribution in [2.45, 2.75) is 0 Å². The van der Waals surface area contributed by atoms with E-state index in [0.29, 0.717) is 0 Å². The molecule has 0 saturated heterocycles. The van der Waals surface area contributed by atoms with Crippen LogP contribution < -0.4 is 0 Å². The van der Waals surface area contributed by atoms with Crippen molar-refractivity contribution in [2.24, 2.45) is 0 Å². The molecule has 0 aliphatic carbocycles. The number of carbonyl (C=O) groups is 2. The molecule has 8 nitrogen and oxygen atoms in total. The monoisotopic (exact) mass is 310 g/mol. The van der Waals surface area contributed by atoms with Gasteiger partial charge in [-0.25, -0.2) is 9.59 Å². The smallest absolute Gasteiger partial charge is 0.353 e. The van der Waals surface area contributed by atoms with Crippen LogP contribution in [0.5, 0.6) is 0 Å². The number of aromatic nitrogens is 1. The molecule has 0 aliphatic heterocycles. The minimum absolute atomic E-state index is 0.106. The highest BCUT2D eigenvalue weighted by atomic mass is 35.5. The van der Waals surface area contributed by atoms with Crippen molar-refractivity contribution >= 4 is 29.2 Å². The summed E-state index contributed by atoms with van der Waals surface area (Å²) >= 11 is 5.89. The van der Waals surface area contributed by atoms with Crippen LogP contribution in [0.2, 0.25) is 5.02 Å². The molecule has 0 spiro atoms. The van der Waals surface area contributed by atoms with Gasteiger partial charge in [0.05, 0.1) is 9.95 Å². The fraction of sp³-hybridized carbons (Fsp3) is 0. The fourth-order valence-corrected chi connectivity index (χ4v) is 2.16. The number of aromatic carboxylic acids is 2. The number of benzene rings is 1. The first-order valence-electron chi connectivity index (χ1n) is 5.45. The van der Waals surface area contributed by atoms with Gasteiger partial charge in [0.1, 0.15) is 11.4 Å². The molecule has 0 bridgehead atoms. The largest absolute Gasteiger partial charge is 0.477 e. The predicted molar refractivity (Wildman–Crippen MR) is 71.8 cm³/mol. The van der Waals surface area contributed by atoms with Gasteiger partial charge >= 0.3 is 11.9 Å². The van der Waals surface area contributed by atoms with Crippen LogP contribution in [0.4, 0.5) is 5.69 Å². The van der Waals surface area contributed by atoms with Crippen LogP contribution in [-0.2, 0) is 0 Å². The number of nitrogens with zero attached hydrogens (tertiary/aromatic N) is 1. The average molecular weight is 311 g/mol. The third-order valence-electron chi connectivity index (χ3n) is 2.71. The second kappa shape index (κ2) is 5.25. The lowest BCUT2D eigenvalue weighted by Crippen LogP contribution is -2.01. The Labute approximate surface area is 121 Å². The number of H-pyrrole nitrogens is 1. The lowest BCUT2D eigenvalue weighted by molar-refractivity contribution is -0.384. The molecule has 0 unspecified atom stereocenters. The molecule has 0 amide bonds. The molecule has 21 heavy (non-hydrogen) atoms. The summed E-state index contributed by atoms with van der Waals surface area (Å²) in [6.07, 6.45) is 0. The van der Waals surface area contributed by atoms with E-state index in [9.17, 15) is 19.7 Å². The molecule has 1 aromatic carbocycles. The summed E-state index contributed by atoms with van der Waals surface area (Å²) < 4.78 is 0. The van der Waals surface area contributed by atoms with E-state index in [-0.39, 0.29) is 21.8 Å². The van der Waals surface area contributed by atoms with Crippen LogP contribution in [0.3, 0.4) is 0 Å². The minimum atomic E-state index is -1.43. The molecule has 0 aliphatic rings. The zero-order valence-electron chi connectivity index (χ0n) is 10.2. The van der Waals surface area contributed by atoms with E-state index in [1.165, 1.54) is 18.2 Å². The number of nitrogens with one attached hydrogen (secondary N) is 1. The molecular formula is C12H7ClN2O6. The van der Waals surface area contributed by atoms with Gasteiger partial charge in [-0.05, 0) is 5.56 Å². The summed E-state index contributed by atoms with van der Waals surface area (Å²) in [6, 6.07) is 5.10. The summed E-state index contributed by atoms with van der Waals surface area (Å²) in [5.74, 6) is -2.86. The van der Waals surface area contributed by atoms with Crippen LogP contribution in [0.25, 0.3) is 11.1 Å². The Kier molecular flexibility index (Phi) is 3.64. The normalized spacial score (nSPS) is 10.3. The van der Waals surface area contributed by atoms with Gasteiger partial charge in [0.2, 0.25) is 0 Å². The molecule has 0 saturated carbocycles. The Morgan fingerprint density at radius 1 is 1.19 bits per heavy atom. The number of carboxylic acids is 2. The molecule has 1 heterocycles. The standard InChI is InChI=1S/C12H7ClN2O6/c13-8-7(5-2-1-3-6(4-5)15(20)21)9(11(16)17)14-10(8)12(18)19/h1-4,14H,(H,16,17)(H,18,19). The third-order valence-corrected chi connectivity index (χ3v) is 3.09. The van der Waals surface area contributed by atoms with E-state index in [2.05, 4.69) is 4.98 Å². The number of non-ortho nitro benzene ring substituents is 1. The average Bonchev–Trinajstić information content (AvgIpc) is 2.76. The number of aromatic amines is 1. The van der Waals surface area contributed by atoms with Gasteiger partial charge < -0.3 is 15.2 Å². The molecule has 3 N–H and O–H groups in total. The van der Waals surface area contributed by atoms with Crippen LogP contribution in [0.1, 0.15) is 21.0 Å². The first-order chi connectivity index (χ1) is 9.82. The van der Waals surface area contributed by atoms with Crippen LogP contribution in [-0.4, -0.2) is 32.1 Å². The van der Waals surface area contributed by atoms with Crippen LogP contribution >= 0.6 is 11.6 Å². The second-order valence-electron chi connectivity index (χ2n) is 3.98. The van der Waals surface area contributed by atoms with Gasteiger partial charge in [0.15, 0.2) is 0 Å². The lowest BCUT2D eigenvalue weighted by atomic mass is 10.0. The van der Waals surface area contributed by atoms with Gasteiger partial charge in [-0.2, -0.15) is 0 Å². The lowest BCUT2D eigenvalue weighted by Gasteiger charge is -2.02. The van der Waals surface area contributed by atoms with E-state index in [1.54, 1.807) is 0 Å². The molecule has 0 fully saturated rings. The maximum atomic E-state index is 11.2. The van der Waals surface area contributed by atoms with Gasteiger partial charge in [0, 0.05) is 17.7 Å². The van der Waals surface area contributed by atoms with E-state index in [4.69, 9.17) is 21.8 Å². The Morgan fingerprint density at radius 3 is 2.33 bits per heavy atom. The zero-order valence-corrected chi connectivity index (χ0v) is 10.9. The molecule has 9 heteroatoms. The Bertz CT molecular complexity index is 767. The van der Waals surface area contributed by atoms with Crippen LogP contribution in [0, 0.1) is 10.1 Å². The van der Waals surface area contributed by atoms with Gasteiger partial charge in [-0.15, -0.1) is 0 Å². The number of nitro benzene ring substituents is 1. The summed E-state index contributed by atoms with van der Waals surface area (Å²) in [6.45, 7) is 0. The second-order valence-corrected chi connectivity index (χ2v) is 4.36. The number of nitro groups is 1. The van der Waals surface area contributed by atoms with Crippen molar-refractivity contribution in [1.29, 1.82) is 0 Å².